The average molecular weight is 595 g/mol. The van der Waals surface area contributed by atoms with Crippen LogP contribution in [0.5, 0.6) is 5.75 Å². The van der Waals surface area contributed by atoms with Crippen molar-refractivity contribution in [3.63, 3.8) is 0 Å². The number of aromatic nitrogens is 3. The zero-order valence-electron chi connectivity index (χ0n) is 25.9. The van der Waals surface area contributed by atoms with Crippen molar-refractivity contribution in [1.82, 2.24) is 30.1 Å². The van der Waals surface area contributed by atoms with Gasteiger partial charge in [-0.25, -0.2) is 15.0 Å². The Kier molecular flexibility index (Phi) is 10.9. The number of likely N-dealkylation sites (N-methyl/N-ethyl adjacent to an activating group) is 2. The van der Waals surface area contributed by atoms with Crippen LogP contribution < -0.4 is 20.3 Å². The molecule has 0 saturated carbocycles. The van der Waals surface area contributed by atoms with Crippen LogP contribution in [-0.4, -0.2) is 90.4 Å². The van der Waals surface area contributed by atoms with Crippen LogP contribution in [0.25, 0.3) is 11.3 Å². The summed E-state index contributed by atoms with van der Waals surface area (Å²) >= 11 is 0. The van der Waals surface area contributed by atoms with Crippen molar-refractivity contribution in [2.45, 2.75) is 20.1 Å². The minimum atomic E-state index is 0.209. The molecule has 0 spiro atoms. The lowest BCUT2D eigenvalue weighted by Gasteiger charge is -2.34. The predicted octanol–water partition coefficient (Wildman–Crippen LogP) is 4.22. The molecule has 44 heavy (non-hydrogen) atoms. The summed E-state index contributed by atoms with van der Waals surface area (Å²) in [7, 11) is 3.98. The fourth-order valence-corrected chi connectivity index (χ4v) is 5.18. The number of nitrogens with zero attached hydrogens (tertiary/aromatic N) is 6. The highest BCUT2D eigenvalue weighted by atomic mass is 16.5. The van der Waals surface area contributed by atoms with E-state index in [9.17, 15) is 4.79 Å². The highest BCUT2D eigenvalue weighted by Crippen LogP contribution is 2.28. The third-order valence-corrected chi connectivity index (χ3v) is 7.65. The van der Waals surface area contributed by atoms with Crippen molar-refractivity contribution in [3.05, 3.63) is 90.3 Å². The smallest absolute Gasteiger partial charge is 0.227 e. The van der Waals surface area contributed by atoms with E-state index in [1.54, 1.807) is 13.1 Å². The zero-order chi connectivity index (χ0) is 30.7. The number of Topliss-reactive ketones (excluding diaryl/α,β-unsaturated/α-hetero) is 1. The van der Waals surface area contributed by atoms with Crippen molar-refractivity contribution >= 4 is 23.2 Å². The van der Waals surface area contributed by atoms with Crippen molar-refractivity contribution in [2.75, 3.05) is 70.1 Å². The quantitative estimate of drug-likeness (QED) is 0.221. The van der Waals surface area contributed by atoms with E-state index in [0.717, 1.165) is 85.5 Å². The summed E-state index contributed by atoms with van der Waals surface area (Å²) in [5.74, 6) is 2.49. The van der Waals surface area contributed by atoms with Crippen molar-refractivity contribution in [1.29, 1.82) is 0 Å². The molecule has 0 aliphatic carbocycles. The number of piperazine rings is 1. The van der Waals surface area contributed by atoms with Gasteiger partial charge in [0.05, 0.1) is 12.2 Å². The van der Waals surface area contributed by atoms with Crippen molar-refractivity contribution in [2.24, 2.45) is 0 Å². The second kappa shape index (κ2) is 15.4. The van der Waals surface area contributed by atoms with Crippen LogP contribution in [0.3, 0.4) is 0 Å². The van der Waals surface area contributed by atoms with Crippen LogP contribution >= 0.6 is 0 Å². The van der Waals surface area contributed by atoms with Crippen LogP contribution in [0.15, 0.2) is 79.1 Å². The van der Waals surface area contributed by atoms with E-state index in [1.165, 1.54) is 0 Å². The maximum absolute atomic E-state index is 11.6. The lowest BCUT2D eigenvalue weighted by molar-refractivity contribution is -0.118. The Morgan fingerprint density at radius 2 is 1.77 bits per heavy atom. The first-order valence-corrected chi connectivity index (χ1v) is 15.1. The van der Waals surface area contributed by atoms with Gasteiger partial charge in [-0.05, 0) is 55.9 Å². The topological polar surface area (TPSA) is 98.8 Å². The Morgan fingerprint density at radius 3 is 2.50 bits per heavy atom. The Hall–Kier alpha value is -4.38. The van der Waals surface area contributed by atoms with Gasteiger partial charge in [0.15, 0.2) is 0 Å². The number of carbonyl (C=O) groups excluding carboxylic acids is 1. The molecule has 1 aliphatic rings. The second-order valence-electron chi connectivity index (χ2n) is 11.2. The van der Waals surface area contributed by atoms with Gasteiger partial charge in [0.25, 0.3) is 0 Å². The number of ether oxygens (including phenoxy) is 1. The Morgan fingerprint density at radius 1 is 0.977 bits per heavy atom. The number of ketones is 1. The molecule has 0 atom stereocenters. The van der Waals surface area contributed by atoms with Gasteiger partial charge >= 0.3 is 0 Å². The van der Waals surface area contributed by atoms with E-state index >= 15 is 0 Å². The lowest BCUT2D eigenvalue weighted by atomic mass is 10.1. The monoisotopic (exact) mass is 594 g/mol. The number of hydrogen-bond donors (Lipinski definition) is 2. The first-order valence-electron chi connectivity index (χ1n) is 15.1. The fourth-order valence-electron chi connectivity index (χ4n) is 5.18. The van der Waals surface area contributed by atoms with Gasteiger partial charge in [-0.1, -0.05) is 30.3 Å². The van der Waals surface area contributed by atoms with E-state index < -0.39 is 0 Å². The third-order valence-electron chi connectivity index (χ3n) is 7.65. The molecule has 2 N–H and O–H groups in total. The first-order chi connectivity index (χ1) is 21.5. The van der Waals surface area contributed by atoms with Crippen LogP contribution in [0.2, 0.25) is 0 Å². The zero-order valence-corrected chi connectivity index (χ0v) is 25.9. The maximum Gasteiger partial charge on any atom is 0.227 e. The summed E-state index contributed by atoms with van der Waals surface area (Å²) < 4.78 is 6.31. The summed E-state index contributed by atoms with van der Waals surface area (Å²) in [5, 5.41) is 6.56. The summed E-state index contributed by atoms with van der Waals surface area (Å²) in [5.41, 5.74) is 4.82. The van der Waals surface area contributed by atoms with Crippen molar-refractivity contribution < 1.29 is 9.53 Å². The number of benzene rings is 2. The Balaban J connectivity index is 1.30. The van der Waals surface area contributed by atoms with Crippen LogP contribution in [-0.2, 0) is 17.9 Å². The molecular weight excluding hydrogens is 552 g/mol. The molecule has 1 aliphatic heterocycles. The average Bonchev–Trinajstić information content (AvgIpc) is 3.04. The van der Waals surface area contributed by atoms with Gasteiger partial charge in [0, 0.05) is 82.1 Å². The van der Waals surface area contributed by atoms with Gasteiger partial charge in [-0.2, -0.15) is 0 Å². The van der Waals surface area contributed by atoms with E-state index in [0.29, 0.717) is 19.1 Å². The van der Waals surface area contributed by atoms with E-state index in [-0.39, 0.29) is 5.78 Å². The number of pyridine rings is 1. The number of anilines is 3. The third kappa shape index (κ3) is 8.82. The van der Waals surface area contributed by atoms with Crippen molar-refractivity contribution in [3.8, 4) is 17.0 Å². The van der Waals surface area contributed by atoms with Gasteiger partial charge in [-0.15, -0.1) is 0 Å². The molecule has 10 heteroatoms. The van der Waals surface area contributed by atoms with E-state index in [4.69, 9.17) is 9.72 Å². The van der Waals surface area contributed by atoms with E-state index in [1.807, 2.05) is 68.8 Å². The summed E-state index contributed by atoms with van der Waals surface area (Å²) in [6, 6.07) is 22.3. The fraction of sp³-hybridized carbons (Fsp3) is 0.353. The molecule has 10 nitrogen and oxygen atoms in total. The largest absolute Gasteiger partial charge is 0.489 e. The normalized spacial score (nSPS) is 13.9. The van der Waals surface area contributed by atoms with Gasteiger partial charge < -0.3 is 20.3 Å². The van der Waals surface area contributed by atoms with Crippen LogP contribution in [0.4, 0.5) is 17.5 Å². The standard InChI is InChI=1S/C34H42N8O2/c1-26(43)23-41-17-19-42(20-18-41)24-29-21-30(10-11-32(29)44-25-27-7-5-4-6-8-27)38-34-36-14-13-31(39-34)28-9-12-33(37-22-28)40(3)16-15-35-2/h4-14,21-22,35H,15-20,23-25H2,1-3H3,(H,36,38,39). The van der Waals surface area contributed by atoms with Gasteiger partial charge in [0.2, 0.25) is 5.95 Å². The van der Waals surface area contributed by atoms with Gasteiger partial charge in [-0.3, -0.25) is 14.6 Å². The molecule has 1 fully saturated rings. The minimum absolute atomic E-state index is 0.209. The Labute approximate surface area is 260 Å². The molecular formula is C34H42N8O2. The summed E-state index contributed by atoms with van der Waals surface area (Å²) in [6.07, 6.45) is 3.61. The molecule has 2 aromatic carbocycles. The van der Waals surface area contributed by atoms with Gasteiger partial charge in [0.1, 0.15) is 24.0 Å². The molecule has 2 aromatic heterocycles. The Bertz CT molecular complexity index is 1490. The van der Waals surface area contributed by atoms with Crippen LogP contribution in [0, 0.1) is 0 Å². The highest BCUT2D eigenvalue weighted by Gasteiger charge is 2.19. The maximum atomic E-state index is 11.6. The lowest BCUT2D eigenvalue weighted by Crippen LogP contribution is -2.47. The number of nitrogens with one attached hydrogen (secondary N) is 2. The molecule has 3 heterocycles. The van der Waals surface area contributed by atoms with Crippen LogP contribution in [0.1, 0.15) is 18.1 Å². The predicted molar refractivity (Wildman–Crippen MR) is 175 cm³/mol. The molecule has 0 unspecified atom stereocenters. The first kappa shape index (κ1) is 31.1. The molecule has 0 radical (unpaired) electrons. The second-order valence-corrected chi connectivity index (χ2v) is 11.2. The molecule has 0 bridgehead atoms. The van der Waals surface area contributed by atoms with E-state index in [2.05, 4.69) is 53.5 Å². The molecule has 0 amide bonds. The number of rotatable bonds is 14. The summed E-state index contributed by atoms with van der Waals surface area (Å²) in [6.45, 7) is 8.72. The number of hydrogen-bond acceptors (Lipinski definition) is 10. The molecule has 1 saturated heterocycles. The SMILES string of the molecule is CNCCN(C)c1ccc(-c2ccnc(Nc3ccc(OCc4ccccc4)c(CN4CCN(CC(C)=O)CC4)c3)n2)cn1. The molecule has 230 valence electrons. The minimum Gasteiger partial charge on any atom is -0.489 e. The summed E-state index contributed by atoms with van der Waals surface area (Å²) in [4.78, 5) is 32.2. The highest BCUT2D eigenvalue weighted by molar-refractivity contribution is 5.77. The molecule has 4 aromatic rings. The molecule has 5 rings (SSSR count). The number of carbonyl (C=O) groups is 1.